The number of benzene rings is 1. The van der Waals surface area contributed by atoms with E-state index in [0.717, 1.165) is 24.3 Å². The summed E-state index contributed by atoms with van der Waals surface area (Å²) in [5.41, 5.74) is 9.41. The maximum atomic E-state index is 5.70. The van der Waals surface area contributed by atoms with E-state index in [1.54, 1.807) is 7.11 Å². The minimum Gasteiger partial charge on any atom is -0.496 e. The Morgan fingerprint density at radius 2 is 2.27 bits per heavy atom. The Labute approximate surface area is 90.8 Å². The van der Waals surface area contributed by atoms with Crippen molar-refractivity contribution in [3.8, 4) is 5.75 Å². The smallest absolute Gasteiger partial charge is 0.128 e. The lowest BCUT2D eigenvalue weighted by molar-refractivity contribution is 0.403. The number of rotatable bonds is 2. The molecule has 3 heteroatoms. The average molecular weight is 206 g/mol. The summed E-state index contributed by atoms with van der Waals surface area (Å²) in [7, 11) is 3.85. The summed E-state index contributed by atoms with van der Waals surface area (Å²) in [6.45, 7) is 1.66. The summed E-state index contributed by atoms with van der Waals surface area (Å²) in [6.07, 6.45) is 2.28. The molecule has 1 aromatic carbocycles. The van der Waals surface area contributed by atoms with E-state index in [4.69, 9.17) is 10.5 Å². The van der Waals surface area contributed by atoms with Crippen LogP contribution in [0.25, 0.3) is 0 Å². The van der Waals surface area contributed by atoms with Crippen molar-refractivity contribution in [1.82, 2.24) is 0 Å². The lowest BCUT2D eigenvalue weighted by Gasteiger charge is -2.29. The van der Waals surface area contributed by atoms with E-state index in [1.807, 2.05) is 0 Å². The summed E-state index contributed by atoms with van der Waals surface area (Å²) in [4.78, 5) is 2.28. The molecule has 0 bridgehead atoms. The van der Waals surface area contributed by atoms with Crippen LogP contribution in [0.1, 0.15) is 17.5 Å². The summed E-state index contributed by atoms with van der Waals surface area (Å²) in [5.74, 6) is 0.988. The summed E-state index contributed by atoms with van der Waals surface area (Å²) >= 11 is 0. The van der Waals surface area contributed by atoms with Gasteiger partial charge in [-0.2, -0.15) is 0 Å². The highest BCUT2D eigenvalue weighted by molar-refractivity contribution is 5.63. The first-order valence-corrected chi connectivity index (χ1v) is 5.38. The van der Waals surface area contributed by atoms with E-state index in [9.17, 15) is 0 Å². The summed E-state index contributed by atoms with van der Waals surface area (Å²) in [6, 6.07) is 4.22. The Morgan fingerprint density at radius 1 is 1.47 bits per heavy atom. The number of hydrogen-bond acceptors (Lipinski definition) is 3. The highest BCUT2D eigenvalue weighted by Crippen LogP contribution is 2.35. The minimum absolute atomic E-state index is 0.542. The van der Waals surface area contributed by atoms with Gasteiger partial charge in [0.2, 0.25) is 0 Å². The molecule has 1 heterocycles. The molecule has 0 aliphatic carbocycles. The van der Waals surface area contributed by atoms with Gasteiger partial charge in [0.1, 0.15) is 5.75 Å². The van der Waals surface area contributed by atoms with Gasteiger partial charge < -0.3 is 15.4 Å². The molecular weight excluding hydrogens is 188 g/mol. The standard InChI is InChI=1S/C12H18N2O/c1-14-7-3-4-10-11(14)6-5-9(8-13)12(10)15-2/h5-6H,3-4,7-8,13H2,1-2H3. The number of fused-ring (bicyclic) bond motifs is 1. The third-order valence-electron chi connectivity index (χ3n) is 3.07. The van der Waals surface area contributed by atoms with Crippen LogP contribution in [0, 0.1) is 0 Å². The highest BCUT2D eigenvalue weighted by atomic mass is 16.5. The Balaban J connectivity index is 2.53. The Bertz CT molecular complexity index is 363. The summed E-state index contributed by atoms with van der Waals surface area (Å²) in [5, 5.41) is 0. The second-order valence-corrected chi connectivity index (χ2v) is 3.98. The number of ether oxygens (including phenoxy) is 1. The third-order valence-corrected chi connectivity index (χ3v) is 3.07. The van der Waals surface area contributed by atoms with Crippen LogP contribution in [-0.4, -0.2) is 20.7 Å². The van der Waals surface area contributed by atoms with Crippen molar-refractivity contribution in [1.29, 1.82) is 0 Å². The topological polar surface area (TPSA) is 38.5 Å². The van der Waals surface area contributed by atoms with Gasteiger partial charge in [-0.15, -0.1) is 0 Å². The van der Waals surface area contributed by atoms with Crippen molar-refractivity contribution < 1.29 is 4.74 Å². The van der Waals surface area contributed by atoms with E-state index < -0.39 is 0 Å². The molecule has 1 aromatic rings. The normalized spacial score (nSPS) is 15.0. The molecule has 0 spiro atoms. The first-order chi connectivity index (χ1) is 7.27. The first-order valence-electron chi connectivity index (χ1n) is 5.38. The number of methoxy groups -OCH3 is 1. The average Bonchev–Trinajstić information content (AvgIpc) is 2.28. The van der Waals surface area contributed by atoms with Crippen molar-refractivity contribution in [3.05, 3.63) is 23.3 Å². The SMILES string of the molecule is COc1c(CN)ccc2c1CCCN2C. The highest BCUT2D eigenvalue weighted by Gasteiger charge is 2.19. The van der Waals surface area contributed by atoms with Crippen LogP contribution < -0.4 is 15.4 Å². The Kier molecular flexibility index (Phi) is 2.82. The van der Waals surface area contributed by atoms with Crippen LogP contribution in [0.3, 0.4) is 0 Å². The van der Waals surface area contributed by atoms with Gasteiger partial charge in [0.15, 0.2) is 0 Å². The van der Waals surface area contributed by atoms with Crippen LogP contribution in [0.5, 0.6) is 5.75 Å². The zero-order chi connectivity index (χ0) is 10.8. The molecule has 0 fully saturated rings. The molecule has 0 aromatic heterocycles. The fourth-order valence-corrected chi connectivity index (χ4v) is 2.29. The molecule has 15 heavy (non-hydrogen) atoms. The van der Waals surface area contributed by atoms with Crippen molar-refractivity contribution in [2.24, 2.45) is 5.73 Å². The molecular formula is C12H18N2O. The van der Waals surface area contributed by atoms with E-state index >= 15 is 0 Å². The lowest BCUT2D eigenvalue weighted by Crippen LogP contribution is -2.25. The first kappa shape index (κ1) is 10.3. The molecule has 3 nitrogen and oxygen atoms in total. The maximum Gasteiger partial charge on any atom is 0.128 e. The van der Waals surface area contributed by atoms with Crippen LogP contribution in [-0.2, 0) is 13.0 Å². The van der Waals surface area contributed by atoms with Gasteiger partial charge in [0.05, 0.1) is 7.11 Å². The molecule has 0 radical (unpaired) electrons. The molecule has 2 rings (SSSR count). The van der Waals surface area contributed by atoms with Crippen molar-refractivity contribution in [3.63, 3.8) is 0 Å². The molecule has 0 unspecified atom stereocenters. The monoisotopic (exact) mass is 206 g/mol. The van der Waals surface area contributed by atoms with Gasteiger partial charge >= 0.3 is 0 Å². The zero-order valence-corrected chi connectivity index (χ0v) is 9.42. The fraction of sp³-hybridized carbons (Fsp3) is 0.500. The quantitative estimate of drug-likeness (QED) is 0.797. The molecule has 82 valence electrons. The Morgan fingerprint density at radius 3 is 2.93 bits per heavy atom. The van der Waals surface area contributed by atoms with Gasteiger partial charge in [-0.3, -0.25) is 0 Å². The molecule has 0 atom stereocenters. The van der Waals surface area contributed by atoms with Gasteiger partial charge in [-0.25, -0.2) is 0 Å². The van der Waals surface area contributed by atoms with Gasteiger partial charge in [0, 0.05) is 37.0 Å². The van der Waals surface area contributed by atoms with E-state index in [2.05, 4.69) is 24.1 Å². The third kappa shape index (κ3) is 1.67. The van der Waals surface area contributed by atoms with Crippen LogP contribution in [0.4, 0.5) is 5.69 Å². The maximum absolute atomic E-state index is 5.70. The van der Waals surface area contributed by atoms with Crippen LogP contribution in [0.2, 0.25) is 0 Å². The number of hydrogen-bond donors (Lipinski definition) is 1. The summed E-state index contributed by atoms with van der Waals surface area (Å²) < 4.78 is 5.48. The van der Waals surface area contributed by atoms with Gasteiger partial charge in [-0.1, -0.05) is 6.07 Å². The predicted molar refractivity (Wildman–Crippen MR) is 62.5 cm³/mol. The zero-order valence-electron chi connectivity index (χ0n) is 9.42. The number of anilines is 1. The molecule has 2 N–H and O–H groups in total. The lowest BCUT2D eigenvalue weighted by atomic mass is 9.98. The van der Waals surface area contributed by atoms with Gasteiger partial charge in [-0.05, 0) is 18.9 Å². The number of nitrogens with zero attached hydrogens (tertiary/aromatic N) is 1. The van der Waals surface area contributed by atoms with Crippen LogP contribution in [0.15, 0.2) is 12.1 Å². The second-order valence-electron chi connectivity index (χ2n) is 3.98. The van der Waals surface area contributed by atoms with E-state index in [-0.39, 0.29) is 0 Å². The second kappa shape index (κ2) is 4.11. The van der Waals surface area contributed by atoms with Crippen LogP contribution >= 0.6 is 0 Å². The fourth-order valence-electron chi connectivity index (χ4n) is 2.29. The predicted octanol–water partition coefficient (Wildman–Crippen LogP) is 1.54. The van der Waals surface area contributed by atoms with E-state index in [1.165, 1.54) is 17.7 Å². The molecule has 0 saturated heterocycles. The molecule has 1 aliphatic rings. The van der Waals surface area contributed by atoms with Gasteiger partial charge in [0.25, 0.3) is 0 Å². The van der Waals surface area contributed by atoms with Crippen molar-refractivity contribution >= 4 is 5.69 Å². The van der Waals surface area contributed by atoms with E-state index in [0.29, 0.717) is 6.54 Å². The Hall–Kier alpha value is -1.22. The van der Waals surface area contributed by atoms with Crippen molar-refractivity contribution in [2.75, 3.05) is 25.6 Å². The largest absolute Gasteiger partial charge is 0.496 e. The van der Waals surface area contributed by atoms with Crippen molar-refractivity contribution in [2.45, 2.75) is 19.4 Å². The number of nitrogens with two attached hydrogens (primary N) is 1. The molecule has 0 amide bonds. The molecule has 1 aliphatic heterocycles. The molecule has 0 saturated carbocycles. The minimum atomic E-state index is 0.542.